The fraction of sp³-hybridized carbons (Fsp3) is 0.333. The lowest BCUT2D eigenvalue weighted by Crippen LogP contribution is -2.26. The first-order valence-corrected chi connectivity index (χ1v) is 7.88. The van der Waals surface area contributed by atoms with Crippen molar-refractivity contribution in [2.75, 3.05) is 0 Å². The molecule has 2 aromatic carbocycles. The van der Waals surface area contributed by atoms with Crippen molar-refractivity contribution >= 4 is 23.2 Å². The molecule has 0 aliphatic heterocycles. The fourth-order valence-corrected chi connectivity index (χ4v) is 3.32. The Hall–Kier alpha value is -1.02. The quantitative estimate of drug-likeness (QED) is 0.839. The molecule has 2 aromatic rings. The highest BCUT2D eigenvalue weighted by Crippen LogP contribution is 2.23. The summed E-state index contributed by atoms with van der Waals surface area (Å²) in [5.74, 6) is 0. The van der Waals surface area contributed by atoms with Gasteiger partial charge in [-0.25, -0.2) is 0 Å². The molecule has 0 saturated heterocycles. The lowest BCUT2D eigenvalue weighted by Gasteiger charge is -2.17. The predicted octanol–water partition coefficient (Wildman–Crippen LogP) is 5.03. The summed E-state index contributed by atoms with van der Waals surface area (Å²) >= 11 is 12.1. The number of hydrogen-bond donors (Lipinski definition) is 1. The normalized spacial score (nSPS) is 12.5. The van der Waals surface area contributed by atoms with Crippen molar-refractivity contribution in [1.29, 1.82) is 0 Å². The van der Waals surface area contributed by atoms with Crippen molar-refractivity contribution in [3.63, 3.8) is 0 Å². The van der Waals surface area contributed by atoms with Crippen LogP contribution in [-0.4, -0.2) is 6.04 Å². The van der Waals surface area contributed by atoms with E-state index >= 15 is 0 Å². The molecule has 0 saturated carbocycles. The van der Waals surface area contributed by atoms with Crippen LogP contribution in [0.4, 0.5) is 0 Å². The van der Waals surface area contributed by atoms with E-state index in [9.17, 15) is 0 Å². The largest absolute Gasteiger partial charge is 0.327 e. The number of benzene rings is 2. The van der Waals surface area contributed by atoms with Gasteiger partial charge in [-0.15, -0.1) is 0 Å². The second-order valence-electron chi connectivity index (χ2n) is 5.78. The molecule has 0 heterocycles. The average Bonchev–Trinajstić information content (AvgIpc) is 2.37. The maximum atomic E-state index is 6.33. The zero-order valence-corrected chi connectivity index (χ0v) is 14.2. The molecular formula is C18H21Cl2N. The molecule has 3 heteroatoms. The van der Waals surface area contributed by atoms with Crippen LogP contribution in [0.1, 0.15) is 27.8 Å². The standard InChI is InChI=1S/C18H21Cl2N/c1-11-6-12(2)17(13(3)7-11)10-16(21)8-14-4-5-15(19)9-18(14)20/h4-7,9,16H,8,10,21H2,1-3H3. The molecule has 1 atom stereocenters. The van der Waals surface area contributed by atoms with Gasteiger partial charge in [-0.2, -0.15) is 0 Å². The molecular weight excluding hydrogens is 301 g/mol. The van der Waals surface area contributed by atoms with Crippen LogP contribution in [0.25, 0.3) is 0 Å². The molecule has 1 unspecified atom stereocenters. The molecule has 0 spiro atoms. The van der Waals surface area contributed by atoms with Gasteiger partial charge in [0.25, 0.3) is 0 Å². The molecule has 0 radical (unpaired) electrons. The third-order valence-electron chi connectivity index (χ3n) is 3.80. The Labute approximate surface area is 137 Å². The van der Waals surface area contributed by atoms with Crippen LogP contribution in [0.2, 0.25) is 10.0 Å². The first kappa shape index (κ1) is 16.4. The third-order valence-corrected chi connectivity index (χ3v) is 4.39. The summed E-state index contributed by atoms with van der Waals surface area (Å²) in [4.78, 5) is 0. The smallest absolute Gasteiger partial charge is 0.0453 e. The summed E-state index contributed by atoms with van der Waals surface area (Å²) in [5, 5.41) is 1.35. The van der Waals surface area contributed by atoms with Crippen LogP contribution < -0.4 is 5.73 Å². The number of rotatable bonds is 4. The zero-order valence-electron chi connectivity index (χ0n) is 12.7. The van der Waals surface area contributed by atoms with Crippen molar-refractivity contribution in [1.82, 2.24) is 0 Å². The van der Waals surface area contributed by atoms with E-state index in [2.05, 4.69) is 32.9 Å². The number of nitrogens with two attached hydrogens (primary N) is 1. The van der Waals surface area contributed by atoms with E-state index < -0.39 is 0 Å². The van der Waals surface area contributed by atoms with Gasteiger partial charge in [0.1, 0.15) is 0 Å². The maximum absolute atomic E-state index is 6.33. The van der Waals surface area contributed by atoms with Crippen molar-refractivity contribution in [2.45, 2.75) is 39.7 Å². The molecule has 0 amide bonds. The summed E-state index contributed by atoms with van der Waals surface area (Å²) in [5.41, 5.74) is 12.6. The number of halogens is 2. The Kier molecular flexibility index (Phi) is 5.32. The summed E-state index contributed by atoms with van der Waals surface area (Å²) in [7, 11) is 0. The topological polar surface area (TPSA) is 26.0 Å². The zero-order chi connectivity index (χ0) is 15.6. The molecule has 0 aliphatic rings. The van der Waals surface area contributed by atoms with Gasteiger partial charge in [0, 0.05) is 16.1 Å². The van der Waals surface area contributed by atoms with Gasteiger partial charge in [0.2, 0.25) is 0 Å². The van der Waals surface area contributed by atoms with E-state index in [4.69, 9.17) is 28.9 Å². The van der Waals surface area contributed by atoms with Gasteiger partial charge in [-0.1, -0.05) is 47.0 Å². The van der Waals surface area contributed by atoms with Crippen molar-refractivity contribution < 1.29 is 0 Å². The van der Waals surface area contributed by atoms with Gasteiger partial charge in [-0.05, 0) is 68.0 Å². The van der Waals surface area contributed by atoms with Crippen LogP contribution in [-0.2, 0) is 12.8 Å². The van der Waals surface area contributed by atoms with E-state index in [1.54, 1.807) is 6.07 Å². The maximum Gasteiger partial charge on any atom is 0.0453 e. The minimum Gasteiger partial charge on any atom is -0.327 e. The highest BCUT2D eigenvalue weighted by atomic mass is 35.5. The third kappa shape index (κ3) is 4.23. The monoisotopic (exact) mass is 321 g/mol. The Morgan fingerprint density at radius 2 is 1.57 bits per heavy atom. The van der Waals surface area contributed by atoms with E-state index in [1.165, 1.54) is 22.3 Å². The number of hydrogen-bond acceptors (Lipinski definition) is 1. The van der Waals surface area contributed by atoms with Crippen LogP contribution in [0.15, 0.2) is 30.3 Å². The fourth-order valence-electron chi connectivity index (χ4n) is 2.84. The minimum atomic E-state index is 0.0452. The summed E-state index contributed by atoms with van der Waals surface area (Å²) in [6, 6.07) is 10.1. The van der Waals surface area contributed by atoms with Gasteiger partial charge in [0.05, 0.1) is 0 Å². The van der Waals surface area contributed by atoms with Crippen molar-refractivity contribution in [3.05, 3.63) is 68.2 Å². The highest BCUT2D eigenvalue weighted by molar-refractivity contribution is 6.35. The average molecular weight is 322 g/mol. The Balaban J connectivity index is 2.13. The van der Waals surface area contributed by atoms with Crippen LogP contribution in [0, 0.1) is 20.8 Å². The van der Waals surface area contributed by atoms with E-state index in [0.29, 0.717) is 10.0 Å². The van der Waals surface area contributed by atoms with Gasteiger partial charge >= 0.3 is 0 Å². The van der Waals surface area contributed by atoms with E-state index in [0.717, 1.165) is 18.4 Å². The molecule has 21 heavy (non-hydrogen) atoms. The second-order valence-corrected chi connectivity index (χ2v) is 6.62. The first-order chi connectivity index (χ1) is 9.86. The molecule has 0 aliphatic carbocycles. The second kappa shape index (κ2) is 6.83. The van der Waals surface area contributed by atoms with Gasteiger partial charge < -0.3 is 5.73 Å². The lowest BCUT2D eigenvalue weighted by molar-refractivity contribution is 0.660. The molecule has 2 rings (SSSR count). The lowest BCUT2D eigenvalue weighted by atomic mass is 9.92. The summed E-state index contributed by atoms with van der Waals surface area (Å²) in [6.07, 6.45) is 1.61. The molecule has 0 bridgehead atoms. The molecule has 0 aromatic heterocycles. The van der Waals surface area contributed by atoms with Crippen LogP contribution in [0.3, 0.4) is 0 Å². The summed E-state index contributed by atoms with van der Waals surface area (Å²) < 4.78 is 0. The van der Waals surface area contributed by atoms with E-state index in [-0.39, 0.29) is 6.04 Å². The van der Waals surface area contributed by atoms with Crippen LogP contribution in [0.5, 0.6) is 0 Å². The summed E-state index contributed by atoms with van der Waals surface area (Å²) in [6.45, 7) is 6.42. The Morgan fingerprint density at radius 3 is 2.14 bits per heavy atom. The van der Waals surface area contributed by atoms with Gasteiger partial charge in [-0.3, -0.25) is 0 Å². The van der Waals surface area contributed by atoms with Gasteiger partial charge in [0.15, 0.2) is 0 Å². The first-order valence-electron chi connectivity index (χ1n) is 7.13. The van der Waals surface area contributed by atoms with E-state index in [1.807, 2.05) is 12.1 Å². The minimum absolute atomic E-state index is 0.0452. The SMILES string of the molecule is Cc1cc(C)c(CC(N)Cc2ccc(Cl)cc2Cl)c(C)c1. The molecule has 0 fully saturated rings. The Morgan fingerprint density at radius 1 is 0.952 bits per heavy atom. The molecule has 1 nitrogen and oxygen atoms in total. The van der Waals surface area contributed by atoms with Crippen LogP contribution >= 0.6 is 23.2 Å². The Bertz CT molecular complexity index is 627. The van der Waals surface area contributed by atoms with Crippen molar-refractivity contribution in [3.8, 4) is 0 Å². The van der Waals surface area contributed by atoms with Crippen molar-refractivity contribution in [2.24, 2.45) is 5.73 Å². The predicted molar refractivity (Wildman–Crippen MR) is 92.5 cm³/mol. The molecule has 2 N–H and O–H groups in total. The molecule has 112 valence electrons. The number of aryl methyl sites for hydroxylation is 3. The highest BCUT2D eigenvalue weighted by Gasteiger charge is 2.12.